The molecule has 0 aliphatic rings. The third-order valence-corrected chi connectivity index (χ3v) is 4.35. The molecule has 0 aliphatic carbocycles. The average molecular weight is 341 g/mol. The van der Waals surface area contributed by atoms with Crippen molar-refractivity contribution in [2.45, 2.75) is 13.0 Å². The minimum atomic E-state index is 0.171. The van der Waals surface area contributed by atoms with Crippen LogP contribution < -0.4 is 5.32 Å². The van der Waals surface area contributed by atoms with Crippen LogP contribution in [0, 0.1) is 6.92 Å². The van der Waals surface area contributed by atoms with Crippen LogP contribution in [0.3, 0.4) is 0 Å². The molecule has 3 aromatic rings. The van der Waals surface area contributed by atoms with Gasteiger partial charge in [0.2, 0.25) is 0 Å². The van der Waals surface area contributed by atoms with Gasteiger partial charge in [0.1, 0.15) is 0 Å². The average Bonchev–Trinajstić information content (AvgIpc) is 2.50. The summed E-state index contributed by atoms with van der Waals surface area (Å²) in [4.78, 5) is 4.21. The number of benzene rings is 2. The molecule has 0 aliphatic heterocycles. The molecular weight excluding hydrogens is 324 g/mol. The highest BCUT2D eigenvalue weighted by Gasteiger charge is 2.16. The van der Waals surface area contributed by atoms with Gasteiger partial charge in [0.15, 0.2) is 0 Å². The molecule has 0 bridgehead atoms. The van der Waals surface area contributed by atoms with Gasteiger partial charge in [-0.15, -0.1) is 0 Å². The molecule has 0 saturated heterocycles. The zero-order valence-corrected chi connectivity index (χ0v) is 13.7. The van der Waals surface area contributed by atoms with Crippen LogP contribution in [0.4, 0.5) is 0 Å². The molecule has 21 heavy (non-hydrogen) atoms. The lowest BCUT2D eigenvalue weighted by Gasteiger charge is -2.21. The van der Waals surface area contributed by atoms with E-state index in [0.29, 0.717) is 0 Å². The molecule has 0 spiro atoms. The molecule has 3 rings (SSSR count). The van der Waals surface area contributed by atoms with E-state index in [1.807, 2.05) is 19.4 Å². The number of aryl methyl sites for hydroxylation is 1. The van der Waals surface area contributed by atoms with Crippen LogP contribution in [0.25, 0.3) is 10.8 Å². The Morgan fingerprint density at radius 3 is 2.71 bits per heavy atom. The number of fused-ring (bicyclic) bond motifs is 1. The second-order valence-electron chi connectivity index (χ2n) is 5.17. The summed E-state index contributed by atoms with van der Waals surface area (Å²) in [5.41, 5.74) is 3.85. The summed E-state index contributed by atoms with van der Waals surface area (Å²) in [6.07, 6.45) is 3.77. The zero-order valence-electron chi connectivity index (χ0n) is 12.1. The van der Waals surface area contributed by atoms with Crippen LogP contribution in [0.2, 0.25) is 0 Å². The van der Waals surface area contributed by atoms with Gasteiger partial charge in [0.05, 0.1) is 6.04 Å². The normalized spacial score (nSPS) is 12.5. The van der Waals surface area contributed by atoms with Gasteiger partial charge in [0.25, 0.3) is 0 Å². The van der Waals surface area contributed by atoms with Gasteiger partial charge in [-0.2, -0.15) is 0 Å². The number of nitrogens with zero attached hydrogens (tertiary/aromatic N) is 1. The Hall–Kier alpha value is -1.71. The van der Waals surface area contributed by atoms with Crippen molar-refractivity contribution in [1.82, 2.24) is 10.3 Å². The van der Waals surface area contributed by atoms with E-state index in [4.69, 9.17) is 0 Å². The molecule has 1 heterocycles. The van der Waals surface area contributed by atoms with E-state index < -0.39 is 0 Å². The number of nitrogens with one attached hydrogen (secondary N) is 1. The molecule has 0 saturated carbocycles. The fourth-order valence-electron chi connectivity index (χ4n) is 2.84. The highest BCUT2D eigenvalue weighted by Crippen LogP contribution is 2.31. The van der Waals surface area contributed by atoms with Crippen molar-refractivity contribution >= 4 is 26.7 Å². The summed E-state index contributed by atoms with van der Waals surface area (Å²) < 4.78 is 1.11. The molecule has 1 N–H and O–H groups in total. The Bertz CT molecular complexity index is 778. The number of hydrogen-bond donors (Lipinski definition) is 1. The predicted octanol–water partition coefficient (Wildman–Crippen LogP) is 4.61. The molecule has 1 atom stereocenters. The molecule has 1 aromatic heterocycles. The van der Waals surface area contributed by atoms with Crippen molar-refractivity contribution in [2.24, 2.45) is 0 Å². The Kier molecular flexibility index (Phi) is 4.04. The largest absolute Gasteiger partial charge is 0.309 e. The quantitative estimate of drug-likeness (QED) is 0.752. The second-order valence-corrected chi connectivity index (χ2v) is 6.08. The van der Waals surface area contributed by atoms with Crippen LogP contribution in [-0.2, 0) is 0 Å². The lowest BCUT2D eigenvalue weighted by molar-refractivity contribution is 0.692. The molecule has 0 amide bonds. The van der Waals surface area contributed by atoms with Gasteiger partial charge in [-0.3, -0.25) is 4.98 Å². The fraction of sp³-hybridized carbons (Fsp3) is 0.167. The molecule has 106 valence electrons. The van der Waals surface area contributed by atoms with Crippen LogP contribution in [0.1, 0.15) is 22.7 Å². The molecule has 2 nitrogen and oxygen atoms in total. The van der Waals surface area contributed by atoms with Crippen LogP contribution >= 0.6 is 15.9 Å². The summed E-state index contributed by atoms with van der Waals surface area (Å²) in [5, 5.41) is 5.87. The fourth-order valence-corrected chi connectivity index (χ4v) is 3.32. The van der Waals surface area contributed by atoms with Crippen LogP contribution in [0.5, 0.6) is 0 Å². The summed E-state index contributed by atoms with van der Waals surface area (Å²) in [6, 6.07) is 15.1. The maximum absolute atomic E-state index is 4.21. The first kappa shape index (κ1) is 14.2. The second kappa shape index (κ2) is 5.96. The standard InChI is InChI=1S/C18H17BrN2/c1-12-10-14(19)6-7-15(12)18(20-2)17-5-3-4-13-11-21-9-8-16(13)17/h3-11,18,20H,1-2H3. The Morgan fingerprint density at radius 1 is 1.10 bits per heavy atom. The van der Waals surface area contributed by atoms with Gasteiger partial charge in [-0.1, -0.05) is 40.2 Å². The number of aromatic nitrogens is 1. The first-order chi connectivity index (χ1) is 10.2. The van der Waals surface area contributed by atoms with Gasteiger partial charge in [-0.05, 0) is 54.2 Å². The third-order valence-electron chi connectivity index (χ3n) is 3.86. The number of rotatable bonds is 3. The van der Waals surface area contributed by atoms with Crippen molar-refractivity contribution in [3.63, 3.8) is 0 Å². The monoisotopic (exact) mass is 340 g/mol. The van der Waals surface area contributed by atoms with Gasteiger partial charge >= 0.3 is 0 Å². The van der Waals surface area contributed by atoms with E-state index in [-0.39, 0.29) is 6.04 Å². The van der Waals surface area contributed by atoms with Crippen molar-refractivity contribution in [1.29, 1.82) is 0 Å². The summed E-state index contributed by atoms with van der Waals surface area (Å²) in [6.45, 7) is 2.15. The lowest BCUT2D eigenvalue weighted by Crippen LogP contribution is -2.19. The summed E-state index contributed by atoms with van der Waals surface area (Å²) >= 11 is 3.53. The molecule has 0 fully saturated rings. The van der Waals surface area contributed by atoms with Crippen LogP contribution in [-0.4, -0.2) is 12.0 Å². The molecule has 2 aromatic carbocycles. The molecule has 3 heteroatoms. The smallest absolute Gasteiger partial charge is 0.0583 e. The van der Waals surface area contributed by atoms with Crippen molar-refractivity contribution in [2.75, 3.05) is 7.05 Å². The molecular formula is C18H17BrN2. The Balaban J connectivity index is 2.18. The Labute approximate surface area is 133 Å². The SMILES string of the molecule is CNC(c1ccc(Br)cc1C)c1cccc2cnccc12. The van der Waals surface area contributed by atoms with Crippen molar-refractivity contribution in [3.8, 4) is 0 Å². The van der Waals surface area contributed by atoms with Crippen LogP contribution in [0.15, 0.2) is 59.3 Å². The van der Waals surface area contributed by atoms with E-state index in [9.17, 15) is 0 Å². The van der Waals surface area contributed by atoms with Gasteiger partial charge < -0.3 is 5.32 Å². The highest BCUT2D eigenvalue weighted by molar-refractivity contribution is 9.10. The topological polar surface area (TPSA) is 24.9 Å². The van der Waals surface area contributed by atoms with E-state index in [1.165, 1.54) is 27.5 Å². The minimum Gasteiger partial charge on any atom is -0.309 e. The number of pyridine rings is 1. The van der Waals surface area contributed by atoms with Crippen molar-refractivity contribution < 1.29 is 0 Å². The highest BCUT2D eigenvalue weighted by atomic mass is 79.9. The number of halogens is 1. The molecule has 0 radical (unpaired) electrons. The van der Waals surface area contributed by atoms with E-state index in [2.05, 4.69) is 75.6 Å². The first-order valence-electron chi connectivity index (χ1n) is 6.96. The van der Waals surface area contributed by atoms with Gasteiger partial charge in [0, 0.05) is 22.3 Å². The maximum Gasteiger partial charge on any atom is 0.0583 e. The van der Waals surface area contributed by atoms with Gasteiger partial charge in [-0.25, -0.2) is 0 Å². The maximum atomic E-state index is 4.21. The lowest BCUT2D eigenvalue weighted by atomic mass is 9.92. The minimum absolute atomic E-state index is 0.171. The van der Waals surface area contributed by atoms with E-state index in [0.717, 1.165) is 4.47 Å². The Morgan fingerprint density at radius 2 is 1.95 bits per heavy atom. The number of hydrogen-bond acceptors (Lipinski definition) is 2. The third kappa shape index (κ3) is 2.71. The predicted molar refractivity (Wildman–Crippen MR) is 91.5 cm³/mol. The van der Waals surface area contributed by atoms with E-state index in [1.54, 1.807) is 0 Å². The first-order valence-corrected chi connectivity index (χ1v) is 7.76. The zero-order chi connectivity index (χ0) is 14.8. The summed E-state index contributed by atoms with van der Waals surface area (Å²) in [7, 11) is 2.01. The molecule has 1 unspecified atom stereocenters. The summed E-state index contributed by atoms with van der Waals surface area (Å²) in [5.74, 6) is 0. The van der Waals surface area contributed by atoms with Crippen molar-refractivity contribution in [3.05, 3.63) is 76.0 Å². The van der Waals surface area contributed by atoms with E-state index >= 15 is 0 Å².